The first-order valence-corrected chi connectivity index (χ1v) is 13.1. The Balaban J connectivity index is 1.09. The average Bonchev–Trinajstić information content (AvgIpc) is 2.96. The number of benzene rings is 3. The van der Waals surface area contributed by atoms with Gasteiger partial charge in [0, 0.05) is 38.3 Å². The Kier molecular flexibility index (Phi) is 6.75. The van der Waals surface area contributed by atoms with Crippen molar-refractivity contribution in [3.63, 3.8) is 0 Å². The molecule has 1 saturated heterocycles. The summed E-state index contributed by atoms with van der Waals surface area (Å²) in [6, 6.07) is 23.2. The number of aryl methyl sites for hydroxylation is 1. The van der Waals surface area contributed by atoms with Crippen LogP contribution in [0.3, 0.4) is 0 Å². The van der Waals surface area contributed by atoms with Crippen LogP contribution in [0.15, 0.2) is 88.2 Å². The molecule has 3 heterocycles. The zero-order chi connectivity index (χ0) is 25.9. The molecule has 38 heavy (non-hydrogen) atoms. The lowest BCUT2D eigenvalue weighted by Gasteiger charge is -2.35. The van der Waals surface area contributed by atoms with Crippen molar-refractivity contribution < 1.29 is 9.15 Å². The van der Waals surface area contributed by atoms with E-state index in [9.17, 15) is 4.79 Å². The van der Waals surface area contributed by atoms with E-state index in [0.29, 0.717) is 23.3 Å². The third-order valence-corrected chi connectivity index (χ3v) is 7.03. The monoisotopic (exact) mass is 506 g/mol. The number of hydrogen-bond donors (Lipinski definition) is 0. The lowest BCUT2D eigenvalue weighted by molar-refractivity contribution is 0.223. The van der Waals surface area contributed by atoms with E-state index in [1.54, 1.807) is 6.07 Å². The number of piperazine rings is 1. The van der Waals surface area contributed by atoms with Gasteiger partial charge in [0.1, 0.15) is 11.4 Å². The molecule has 3 aromatic carbocycles. The molecule has 6 rings (SSSR count). The Morgan fingerprint density at radius 2 is 1.71 bits per heavy atom. The number of hydrogen-bond acceptors (Lipinski definition) is 7. The molecule has 0 N–H and O–H groups in total. The van der Waals surface area contributed by atoms with Crippen LogP contribution in [-0.2, 0) is 0 Å². The molecule has 0 radical (unpaired) electrons. The fourth-order valence-electron chi connectivity index (χ4n) is 5.00. The van der Waals surface area contributed by atoms with Crippen molar-refractivity contribution in [2.45, 2.75) is 13.3 Å². The topological polar surface area (TPSA) is 71.7 Å². The molecular formula is C31H30N4O3. The quantitative estimate of drug-likeness (QED) is 0.277. The first kappa shape index (κ1) is 24.1. The molecular weight excluding hydrogens is 476 g/mol. The molecule has 1 fully saturated rings. The third-order valence-electron chi connectivity index (χ3n) is 7.03. The summed E-state index contributed by atoms with van der Waals surface area (Å²) in [6.45, 7) is 7.06. The Morgan fingerprint density at radius 3 is 2.55 bits per heavy atom. The van der Waals surface area contributed by atoms with Crippen LogP contribution < -0.4 is 15.1 Å². The largest absolute Gasteiger partial charge is 0.486 e. The lowest BCUT2D eigenvalue weighted by atomic mass is 10.1. The first-order chi connectivity index (χ1) is 18.7. The van der Waals surface area contributed by atoms with Crippen molar-refractivity contribution in [3.8, 4) is 17.1 Å². The SMILES string of the molecule is Cc1cccc(-c2oc3ccccc3c(=O)c2OCCCN2CCN(c3cnc4ccccc4n3)CC2)c1. The van der Waals surface area contributed by atoms with E-state index in [2.05, 4.69) is 14.8 Å². The minimum absolute atomic E-state index is 0.131. The molecule has 1 aliphatic heterocycles. The van der Waals surface area contributed by atoms with Gasteiger partial charge in [0.2, 0.25) is 11.2 Å². The van der Waals surface area contributed by atoms with Crippen LogP contribution in [0, 0.1) is 6.92 Å². The molecule has 0 atom stereocenters. The summed E-state index contributed by atoms with van der Waals surface area (Å²) in [4.78, 5) is 27.4. The van der Waals surface area contributed by atoms with E-state index in [-0.39, 0.29) is 11.2 Å². The van der Waals surface area contributed by atoms with Crippen molar-refractivity contribution in [1.29, 1.82) is 0 Å². The van der Waals surface area contributed by atoms with Crippen molar-refractivity contribution >= 4 is 27.8 Å². The number of fused-ring (bicyclic) bond motifs is 2. The average molecular weight is 507 g/mol. The fourth-order valence-corrected chi connectivity index (χ4v) is 5.00. The summed E-state index contributed by atoms with van der Waals surface area (Å²) >= 11 is 0. The van der Waals surface area contributed by atoms with Gasteiger partial charge in [0.05, 0.1) is 29.2 Å². The van der Waals surface area contributed by atoms with E-state index >= 15 is 0 Å². The number of rotatable bonds is 7. The van der Waals surface area contributed by atoms with E-state index in [4.69, 9.17) is 14.1 Å². The minimum atomic E-state index is -0.131. The van der Waals surface area contributed by atoms with Gasteiger partial charge in [-0.1, -0.05) is 48.0 Å². The molecule has 0 bridgehead atoms. The fraction of sp³-hybridized carbons (Fsp3) is 0.258. The van der Waals surface area contributed by atoms with E-state index < -0.39 is 0 Å². The summed E-state index contributed by atoms with van der Waals surface area (Å²) in [5, 5.41) is 0.534. The molecule has 0 aliphatic carbocycles. The first-order valence-electron chi connectivity index (χ1n) is 13.1. The van der Waals surface area contributed by atoms with Crippen LogP contribution in [0.2, 0.25) is 0 Å². The van der Waals surface area contributed by atoms with Crippen LogP contribution in [-0.4, -0.2) is 54.2 Å². The molecule has 5 aromatic rings. The molecule has 0 unspecified atom stereocenters. The summed E-state index contributed by atoms with van der Waals surface area (Å²) in [5.41, 5.74) is 4.21. The predicted molar refractivity (Wildman–Crippen MR) is 151 cm³/mol. The highest BCUT2D eigenvalue weighted by Crippen LogP contribution is 2.31. The lowest BCUT2D eigenvalue weighted by Crippen LogP contribution is -2.47. The van der Waals surface area contributed by atoms with E-state index in [0.717, 1.165) is 67.1 Å². The molecule has 0 saturated carbocycles. The Morgan fingerprint density at radius 1 is 0.921 bits per heavy atom. The van der Waals surface area contributed by atoms with Gasteiger partial charge < -0.3 is 14.1 Å². The second-order valence-electron chi connectivity index (χ2n) is 9.70. The van der Waals surface area contributed by atoms with Gasteiger partial charge in [-0.3, -0.25) is 14.7 Å². The summed E-state index contributed by atoms with van der Waals surface area (Å²) in [5.74, 6) is 1.70. The zero-order valence-electron chi connectivity index (χ0n) is 21.5. The van der Waals surface area contributed by atoms with E-state index in [1.165, 1.54) is 0 Å². The van der Waals surface area contributed by atoms with Crippen molar-refractivity contribution in [3.05, 3.63) is 94.8 Å². The van der Waals surface area contributed by atoms with Crippen LogP contribution >= 0.6 is 0 Å². The zero-order valence-corrected chi connectivity index (χ0v) is 21.5. The molecule has 0 amide bonds. The minimum Gasteiger partial charge on any atom is -0.486 e. The smallest absolute Gasteiger partial charge is 0.235 e. The van der Waals surface area contributed by atoms with Crippen LogP contribution in [0.4, 0.5) is 5.82 Å². The number of aromatic nitrogens is 2. The Hall–Kier alpha value is -4.23. The number of ether oxygens (including phenoxy) is 1. The van der Waals surface area contributed by atoms with Gasteiger partial charge in [-0.2, -0.15) is 0 Å². The second kappa shape index (κ2) is 10.6. The maximum Gasteiger partial charge on any atom is 0.235 e. The highest BCUT2D eigenvalue weighted by Gasteiger charge is 2.20. The third kappa shape index (κ3) is 4.97. The van der Waals surface area contributed by atoms with Gasteiger partial charge in [-0.25, -0.2) is 4.98 Å². The molecule has 2 aromatic heterocycles. The summed E-state index contributed by atoms with van der Waals surface area (Å²) in [7, 11) is 0. The normalized spacial score (nSPS) is 14.3. The van der Waals surface area contributed by atoms with Crippen LogP contribution in [0.25, 0.3) is 33.3 Å². The number of anilines is 1. The molecule has 7 heteroatoms. The molecule has 192 valence electrons. The summed E-state index contributed by atoms with van der Waals surface area (Å²) in [6.07, 6.45) is 2.68. The van der Waals surface area contributed by atoms with Crippen LogP contribution in [0.1, 0.15) is 12.0 Å². The maximum absolute atomic E-state index is 13.3. The summed E-state index contributed by atoms with van der Waals surface area (Å²) < 4.78 is 12.3. The van der Waals surface area contributed by atoms with Crippen LogP contribution in [0.5, 0.6) is 5.75 Å². The highest BCUT2D eigenvalue weighted by molar-refractivity contribution is 5.82. The molecule has 1 aliphatic rings. The van der Waals surface area contributed by atoms with Gasteiger partial charge in [0.15, 0.2) is 5.76 Å². The Bertz CT molecular complexity index is 1640. The molecule has 0 spiro atoms. The standard InChI is InChI=1S/C31H30N4O3/c1-22-8-6-9-23(20-22)30-31(29(36)24-10-2-5-13-27(24)38-30)37-19-7-14-34-15-17-35(18-16-34)28-21-32-25-11-3-4-12-26(25)33-28/h2-6,8-13,20-21H,7,14-19H2,1H3. The van der Waals surface area contributed by atoms with Crippen molar-refractivity contribution in [2.75, 3.05) is 44.2 Å². The van der Waals surface area contributed by atoms with Gasteiger partial charge in [-0.15, -0.1) is 0 Å². The predicted octanol–water partition coefficient (Wildman–Crippen LogP) is 5.30. The maximum atomic E-state index is 13.3. The molecule has 7 nitrogen and oxygen atoms in total. The van der Waals surface area contributed by atoms with Gasteiger partial charge >= 0.3 is 0 Å². The number of nitrogens with zero attached hydrogens (tertiary/aromatic N) is 4. The highest BCUT2D eigenvalue weighted by atomic mass is 16.5. The van der Waals surface area contributed by atoms with Gasteiger partial charge in [-0.05, 0) is 43.7 Å². The number of para-hydroxylation sites is 3. The Labute approximate surface area is 221 Å². The van der Waals surface area contributed by atoms with Crippen molar-refractivity contribution in [1.82, 2.24) is 14.9 Å². The second-order valence-corrected chi connectivity index (χ2v) is 9.70. The van der Waals surface area contributed by atoms with Gasteiger partial charge in [0.25, 0.3) is 0 Å². The van der Waals surface area contributed by atoms with Crippen molar-refractivity contribution in [2.24, 2.45) is 0 Å². The van der Waals surface area contributed by atoms with E-state index in [1.807, 2.05) is 79.9 Å².